The number of primary amides is 2. The third-order valence-electron chi connectivity index (χ3n) is 0.440. The number of rotatable bonds is 3. The molecule has 0 heterocycles. The average Bonchev–Trinajstić information content (AvgIpc) is 1.98. The van der Waals surface area contributed by atoms with Crippen LogP contribution in [0.15, 0.2) is 0 Å². The first kappa shape index (κ1) is 19.9. The topological polar surface area (TPSA) is 145 Å². The lowest BCUT2D eigenvalue weighted by Crippen LogP contribution is -2.08. The van der Waals surface area contributed by atoms with Crippen molar-refractivity contribution in [2.45, 2.75) is 39.9 Å². The summed E-state index contributed by atoms with van der Waals surface area (Å²) in [6.45, 7) is 7.73. The molecule has 0 rings (SSSR count). The van der Waals surface area contributed by atoms with E-state index >= 15 is 0 Å². The number of hydrogen-bond acceptors (Lipinski definition) is 4. The lowest BCUT2D eigenvalue weighted by atomic mass is 10.5. The summed E-state index contributed by atoms with van der Waals surface area (Å²) in [6, 6.07) is 0. The van der Waals surface area contributed by atoms with Crippen molar-refractivity contribution in [2.75, 3.05) is 0 Å². The van der Waals surface area contributed by atoms with Gasteiger partial charge < -0.3 is 21.7 Å². The first-order chi connectivity index (χ1) is 7.09. The molecule has 2 amide bonds. The molecule has 0 spiro atoms. The average molecular weight is 240 g/mol. The van der Waals surface area contributed by atoms with Crippen LogP contribution in [0.1, 0.15) is 27.7 Å². The molecule has 0 aliphatic carbocycles. The Kier molecular flexibility index (Phi) is 16.8. The summed E-state index contributed by atoms with van der Waals surface area (Å²) in [5.74, 6) is 0. The van der Waals surface area contributed by atoms with E-state index in [1.54, 1.807) is 0 Å². The van der Waals surface area contributed by atoms with Crippen LogP contribution in [0.5, 0.6) is 0 Å². The Bertz CT molecular complexity index is 155. The van der Waals surface area contributed by atoms with Gasteiger partial charge >= 0.3 is 12.2 Å². The fourth-order valence-corrected chi connectivity index (χ4v) is 0.222. The van der Waals surface area contributed by atoms with Gasteiger partial charge in [0, 0.05) is 0 Å². The molecular formula is C8H20N2O6. The smallest absolute Gasteiger partial charge is 0.402 e. The maximum Gasteiger partial charge on any atom is 0.402 e. The largest absolute Gasteiger partial charge is 0.465 e. The second kappa shape index (κ2) is 13.5. The Hall–Kier alpha value is -1.54. The summed E-state index contributed by atoms with van der Waals surface area (Å²) in [6.07, 6.45) is -2.34. The van der Waals surface area contributed by atoms with Crippen molar-refractivity contribution in [2.24, 2.45) is 11.5 Å². The van der Waals surface area contributed by atoms with E-state index in [1.165, 1.54) is 0 Å². The molecule has 0 fully saturated rings. The molecule has 0 radical (unpaired) electrons. The minimum atomic E-state index is -1.33. The Morgan fingerprint density at radius 3 is 1.06 bits per heavy atom. The fraction of sp³-hybridized carbons (Fsp3) is 0.750. The maximum absolute atomic E-state index is 8.78. The maximum atomic E-state index is 8.78. The second-order valence-corrected chi connectivity index (χ2v) is 2.97. The molecule has 8 nitrogen and oxygen atoms in total. The third-order valence-corrected chi connectivity index (χ3v) is 0.440. The van der Waals surface area contributed by atoms with E-state index in [0.717, 1.165) is 0 Å². The number of hydrogen-bond donors (Lipinski definition) is 4. The van der Waals surface area contributed by atoms with Crippen molar-refractivity contribution in [3.05, 3.63) is 0 Å². The summed E-state index contributed by atoms with van der Waals surface area (Å²) in [5, 5.41) is 14.4. The van der Waals surface area contributed by atoms with Gasteiger partial charge in [0.05, 0.1) is 12.2 Å². The molecule has 8 heteroatoms. The zero-order chi connectivity index (χ0) is 13.7. The number of carboxylic acid groups (broad SMARTS) is 2. The van der Waals surface area contributed by atoms with Crippen molar-refractivity contribution in [3.63, 3.8) is 0 Å². The van der Waals surface area contributed by atoms with Gasteiger partial charge in [0.15, 0.2) is 0 Å². The monoisotopic (exact) mass is 240 g/mol. The minimum Gasteiger partial charge on any atom is -0.465 e. The number of amides is 2. The zero-order valence-electron chi connectivity index (χ0n) is 9.84. The Morgan fingerprint density at radius 2 is 1.00 bits per heavy atom. The van der Waals surface area contributed by atoms with Gasteiger partial charge in [0.25, 0.3) is 0 Å². The second-order valence-electron chi connectivity index (χ2n) is 2.97. The van der Waals surface area contributed by atoms with Crippen molar-refractivity contribution >= 4 is 12.2 Å². The summed E-state index contributed by atoms with van der Waals surface area (Å²) < 4.78 is 0. The van der Waals surface area contributed by atoms with Crippen LogP contribution in [0, 0.1) is 0 Å². The molecule has 0 aliphatic rings. The quantitative estimate of drug-likeness (QED) is 0.427. The first-order valence-electron chi connectivity index (χ1n) is 4.38. The van der Waals surface area contributed by atoms with E-state index in [1.807, 2.05) is 27.7 Å². The van der Waals surface area contributed by atoms with Crippen molar-refractivity contribution in [3.8, 4) is 0 Å². The molecule has 0 aromatic heterocycles. The highest BCUT2D eigenvalue weighted by Gasteiger charge is 1.95. The summed E-state index contributed by atoms with van der Waals surface area (Å²) in [7, 11) is 0. The molecular weight excluding hydrogens is 220 g/mol. The predicted octanol–water partition coefficient (Wildman–Crippen LogP) is 0.998. The van der Waals surface area contributed by atoms with Gasteiger partial charge in [-0.2, -0.15) is 0 Å². The van der Waals surface area contributed by atoms with Crippen LogP contribution in [0.2, 0.25) is 0 Å². The molecule has 98 valence electrons. The van der Waals surface area contributed by atoms with Crippen LogP contribution in [-0.4, -0.2) is 34.6 Å². The van der Waals surface area contributed by atoms with Gasteiger partial charge in [0.1, 0.15) is 0 Å². The number of carbonyl (C=O) groups is 2. The molecule has 0 saturated heterocycles. The van der Waals surface area contributed by atoms with E-state index < -0.39 is 12.2 Å². The van der Waals surface area contributed by atoms with Crippen LogP contribution >= 0.6 is 0 Å². The molecule has 0 aromatic rings. The third kappa shape index (κ3) is 137. The molecule has 0 bridgehead atoms. The van der Waals surface area contributed by atoms with Crippen LogP contribution in [0.3, 0.4) is 0 Å². The molecule has 6 N–H and O–H groups in total. The van der Waals surface area contributed by atoms with Gasteiger partial charge in [-0.3, -0.25) is 0 Å². The van der Waals surface area contributed by atoms with E-state index in [4.69, 9.17) is 29.6 Å². The number of nitrogens with two attached hydrogens (primary N) is 2. The highest BCUT2D eigenvalue weighted by molar-refractivity contribution is 5.61. The van der Waals surface area contributed by atoms with Crippen LogP contribution < -0.4 is 11.5 Å². The van der Waals surface area contributed by atoms with Crippen molar-refractivity contribution < 1.29 is 29.6 Å². The van der Waals surface area contributed by atoms with Crippen LogP contribution in [0.25, 0.3) is 0 Å². The van der Waals surface area contributed by atoms with Crippen LogP contribution in [0.4, 0.5) is 9.59 Å². The van der Waals surface area contributed by atoms with Crippen molar-refractivity contribution in [1.82, 2.24) is 0 Å². The molecule has 16 heavy (non-hydrogen) atoms. The Labute approximate surface area is 94.1 Å². The van der Waals surface area contributed by atoms with E-state index in [2.05, 4.69) is 11.5 Å². The van der Waals surface area contributed by atoms with Gasteiger partial charge in [-0.15, -0.1) is 0 Å². The highest BCUT2D eigenvalue weighted by atomic mass is 17.2. The lowest BCUT2D eigenvalue weighted by Gasteiger charge is -2.08. The van der Waals surface area contributed by atoms with E-state index in [9.17, 15) is 0 Å². The molecule has 0 aliphatic heterocycles. The van der Waals surface area contributed by atoms with E-state index in [-0.39, 0.29) is 12.2 Å². The zero-order valence-corrected chi connectivity index (χ0v) is 9.84. The summed E-state index contributed by atoms with van der Waals surface area (Å²) >= 11 is 0. The molecule has 0 saturated carbocycles. The normalized spacial score (nSPS) is 8.62. The summed E-state index contributed by atoms with van der Waals surface area (Å²) in [5.41, 5.74) is 8.06. The molecule has 0 atom stereocenters. The highest BCUT2D eigenvalue weighted by Crippen LogP contribution is 1.93. The summed E-state index contributed by atoms with van der Waals surface area (Å²) in [4.78, 5) is 27.2. The minimum absolute atomic E-state index is 0.164. The molecule has 0 unspecified atom stereocenters. The SMILES string of the molecule is CC(C)OOC(C)C.NC(=O)O.NC(=O)O. The lowest BCUT2D eigenvalue weighted by molar-refractivity contribution is -0.337. The fourth-order valence-electron chi connectivity index (χ4n) is 0.222. The first-order valence-corrected chi connectivity index (χ1v) is 4.38. The standard InChI is InChI=1S/C6H14O2.2CH3NO2/c1-5(2)7-8-6(3)4;2*2-1(3)4/h5-6H,1-4H3;2*2H2,(H,3,4). The molecule has 0 aromatic carbocycles. The van der Waals surface area contributed by atoms with Gasteiger partial charge in [0.2, 0.25) is 0 Å². The van der Waals surface area contributed by atoms with Gasteiger partial charge in [-0.1, -0.05) is 0 Å². The van der Waals surface area contributed by atoms with Gasteiger partial charge in [-0.05, 0) is 27.7 Å². The van der Waals surface area contributed by atoms with Crippen LogP contribution in [-0.2, 0) is 9.78 Å². The Balaban J connectivity index is -0.000000179. The predicted molar refractivity (Wildman–Crippen MR) is 56.9 cm³/mol. The Morgan fingerprint density at radius 1 is 0.875 bits per heavy atom. The van der Waals surface area contributed by atoms with Gasteiger partial charge in [-0.25, -0.2) is 19.4 Å². The van der Waals surface area contributed by atoms with Crippen molar-refractivity contribution in [1.29, 1.82) is 0 Å². The van der Waals surface area contributed by atoms with E-state index in [0.29, 0.717) is 0 Å².